The molecule has 3 rings (SSSR count). The Balaban J connectivity index is 1.36. The van der Waals surface area contributed by atoms with E-state index in [1.165, 1.54) is 6.07 Å². The summed E-state index contributed by atoms with van der Waals surface area (Å²) >= 11 is 0. The van der Waals surface area contributed by atoms with Gasteiger partial charge in [-0.2, -0.15) is 0 Å². The van der Waals surface area contributed by atoms with E-state index in [0.717, 1.165) is 25.7 Å². The number of rotatable bonds is 4. The molecule has 0 bridgehead atoms. The minimum Gasteiger partial charge on any atom is -0.444 e. The number of carbonyl (C=O) groups is 3. The van der Waals surface area contributed by atoms with Gasteiger partial charge in [0.05, 0.1) is 0 Å². The van der Waals surface area contributed by atoms with E-state index >= 15 is 0 Å². The van der Waals surface area contributed by atoms with Gasteiger partial charge in [-0.25, -0.2) is 9.59 Å². The Morgan fingerprint density at radius 3 is 2.52 bits per heavy atom. The van der Waals surface area contributed by atoms with Gasteiger partial charge in [-0.15, -0.1) is 0 Å². The first-order valence-electron chi connectivity index (χ1n) is 9.72. The molecule has 0 radical (unpaired) electrons. The second kappa shape index (κ2) is 7.92. The van der Waals surface area contributed by atoms with Crippen molar-refractivity contribution in [1.82, 2.24) is 15.4 Å². The third-order valence-corrected chi connectivity index (χ3v) is 5.31. The maximum absolute atomic E-state index is 12.2. The molecule has 2 aliphatic rings. The highest BCUT2D eigenvalue weighted by Crippen LogP contribution is 2.49. The molecule has 0 unspecified atom stereocenters. The standard InChI is InChI=1S/C19H28N4O6/c1-18(2,3)28-17(26)23-6-4-19(5-7-23)9-12(10-19)21-16(25)27-11-13-8-14(15(20)24)22-29-13/h8,12H,4-7,9-11H2,1-3H3,(H2,20,24)(H,21,25). The lowest BCUT2D eigenvalue weighted by Gasteiger charge is -2.52. The molecule has 29 heavy (non-hydrogen) atoms. The summed E-state index contributed by atoms with van der Waals surface area (Å²) in [6.07, 6.45) is 2.70. The van der Waals surface area contributed by atoms with Crippen LogP contribution in [0.3, 0.4) is 0 Å². The average molecular weight is 408 g/mol. The molecule has 0 atom stereocenters. The Labute approximate surface area is 169 Å². The fourth-order valence-corrected chi connectivity index (χ4v) is 3.83. The van der Waals surface area contributed by atoms with Gasteiger partial charge in [-0.3, -0.25) is 4.79 Å². The third kappa shape index (κ3) is 5.39. The van der Waals surface area contributed by atoms with E-state index in [1.54, 1.807) is 4.90 Å². The molecule has 2 heterocycles. The predicted molar refractivity (Wildman–Crippen MR) is 101 cm³/mol. The van der Waals surface area contributed by atoms with Crippen LogP contribution in [-0.2, 0) is 16.1 Å². The van der Waals surface area contributed by atoms with Crippen LogP contribution >= 0.6 is 0 Å². The Morgan fingerprint density at radius 1 is 1.31 bits per heavy atom. The molecule has 1 aromatic rings. The van der Waals surface area contributed by atoms with Crippen molar-refractivity contribution in [2.75, 3.05) is 13.1 Å². The zero-order valence-electron chi connectivity index (χ0n) is 17.0. The number of amides is 3. The predicted octanol–water partition coefficient (Wildman–Crippen LogP) is 2.18. The summed E-state index contributed by atoms with van der Waals surface area (Å²) < 4.78 is 15.4. The number of nitrogens with zero attached hydrogens (tertiary/aromatic N) is 2. The van der Waals surface area contributed by atoms with Gasteiger partial charge < -0.3 is 29.9 Å². The van der Waals surface area contributed by atoms with E-state index in [2.05, 4.69) is 10.5 Å². The van der Waals surface area contributed by atoms with Gasteiger partial charge in [0.2, 0.25) is 0 Å². The summed E-state index contributed by atoms with van der Waals surface area (Å²) in [7, 11) is 0. The molecule has 0 aromatic carbocycles. The van der Waals surface area contributed by atoms with Gasteiger partial charge in [-0.1, -0.05) is 5.16 Å². The molecule has 1 saturated heterocycles. The monoisotopic (exact) mass is 408 g/mol. The number of nitrogens with one attached hydrogen (secondary N) is 1. The van der Waals surface area contributed by atoms with Crippen molar-refractivity contribution in [3.05, 3.63) is 17.5 Å². The number of ether oxygens (including phenoxy) is 2. The highest BCUT2D eigenvalue weighted by atomic mass is 16.6. The van der Waals surface area contributed by atoms with Crippen LogP contribution < -0.4 is 11.1 Å². The van der Waals surface area contributed by atoms with E-state index in [4.69, 9.17) is 19.7 Å². The lowest BCUT2D eigenvalue weighted by atomic mass is 9.60. The lowest BCUT2D eigenvalue weighted by Crippen LogP contribution is -2.55. The molecule has 1 aliphatic heterocycles. The van der Waals surface area contributed by atoms with Crippen molar-refractivity contribution in [2.45, 2.75) is 64.7 Å². The van der Waals surface area contributed by atoms with E-state index in [0.29, 0.717) is 13.1 Å². The van der Waals surface area contributed by atoms with Gasteiger partial charge in [0, 0.05) is 25.2 Å². The number of hydrogen-bond donors (Lipinski definition) is 2. The summed E-state index contributed by atoms with van der Waals surface area (Å²) in [5.41, 5.74) is 4.74. The van der Waals surface area contributed by atoms with E-state index in [9.17, 15) is 14.4 Å². The number of alkyl carbamates (subject to hydrolysis) is 1. The number of primary amides is 1. The second-order valence-electron chi connectivity index (χ2n) is 8.84. The van der Waals surface area contributed by atoms with Gasteiger partial charge in [0.15, 0.2) is 18.1 Å². The SMILES string of the molecule is CC(C)(C)OC(=O)N1CCC2(CC1)CC(NC(=O)OCc1cc(C(N)=O)no1)C2. The first-order valence-corrected chi connectivity index (χ1v) is 9.72. The Morgan fingerprint density at radius 2 is 1.97 bits per heavy atom. The molecular formula is C19H28N4O6. The molecule has 3 N–H and O–H groups in total. The molecule has 1 aromatic heterocycles. The molecule has 10 heteroatoms. The van der Waals surface area contributed by atoms with E-state index in [-0.39, 0.29) is 35.6 Å². The maximum atomic E-state index is 12.2. The zero-order chi connectivity index (χ0) is 21.2. The molecule has 1 saturated carbocycles. The number of likely N-dealkylation sites (tertiary alicyclic amines) is 1. The smallest absolute Gasteiger partial charge is 0.410 e. The first kappa shape index (κ1) is 20.9. The summed E-state index contributed by atoms with van der Waals surface area (Å²) in [6.45, 7) is 6.78. The first-order chi connectivity index (χ1) is 13.6. The highest BCUT2D eigenvalue weighted by molar-refractivity contribution is 5.90. The quantitative estimate of drug-likeness (QED) is 0.779. The topological polar surface area (TPSA) is 137 Å². The largest absolute Gasteiger partial charge is 0.444 e. The minimum absolute atomic E-state index is 0.0114. The normalized spacial score (nSPS) is 18.8. The van der Waals surface area contributed by atoms with Crippen LogP contribution in [0.5, 0.6) is 0 Å². The van der Waals surface area contributed by atoms with Crippen molar-refractivity contribution in [3.8, 4) is 0 Å². The molecule has 1 spiro atoms. The molecule has 3 amide bonds. The highest BCUT2D eigenvalue weighted by Gasteiger charge is 2.47. The number of nitrogens with two attached hydrogens (primary N) is 1. The lowest BCUT2D eigenvalue weighted by molar-refractivity contribution is -0.0161. The van der Waals surface area contributed by atoms with Crippen LogP contribution in [0.25, 0.3) is 0 Å². The van der Waals surface area contributed by atoms with Crippen molar-refractivity contribution in [2.24, 2.45) is 11.1 Å². The molecule has 2 fully saturated rings. The van der Waals surface area contributed by atoms with Crippen molar-refractivity contribution < 1.29 is 28.4 Å². The van der Waals surface area contributed by atoms with Gasteiger partial charge in [0.1, 0.15) is 5.60 Å². The minimum atomic E-state index is -0.707. The average Bonchev–Trinajstić information content (AvgIpc) is 3.07. The molecule has 10 nitrogen and oxygen atoms in total. The number of carbonyl (C=O) groups excluding carboxylic acids is 3. The number of aromatic nitrogens is 1. The summed E-state index contributed by atoms with van der Waals surface area (Å²) in [5.74, 6) is -0.463. The van der Waals surface area contributed by atoms with E-state index in [1.807, 2.05) is 20.8 Å². The van der Waals surface area contributed by atoms with Crippen LogP contribution in [0, 0.1) is 5.41 Å². The van der Waals surface area contributed by atoms with Crippen molar-refractivity contribution in [1.29, 1.82) is 0 Å². The van der Waals surface area contributed by atoms with Crippen LogP contribution in [0.1, 0.15) is 62.7 Å². The Hall–Kier alpha value is -2.78. The molecule has 160 valence electrons. The fraction of sp³-hybridized carbons (Fsp3) is 0.684. The maximum Gasteiger partial charge on any atom is 0.410 e. The summed E-state index contributed by atoms with van der Waals surface area (Å²) in [6, 6.07) is 1.39. The number of hydrogen-bond acceptors (Lipinski definition) is 7. The summed E-state index contributed by atoms with van der Waals surface area (Å²) in [4.78, 5) is 36.8. The Bertz CT molecular complexity index is 768. The molecule has 1 aliphatic carbocycles. The van der Waals surface area contributed by atoms with Crippen LogP contribution in [-0.4, -0.2) is 52.9 Å². The van der Waals surface area contributed by atoms with Gasteiger partial charge in [0.25, 0.3) is 5.91 Å². The van der Waals surface area contributed by atoms with Crippen molar-refractivity contribution >= 4 is 18.1 Å². The second-order valence-corrected chi connectivity index (χ2v) is 8.84. The van der Waals surface area contributed by atoms with Crippen LogP contribution in [0.2, 0.25) is 0 Å². The van der Waals surface area contributed by atoms with Crippen LogP contribution in [0.4, 0.5) is 9.59 Å². The van der Waals surface area contributed by atoms with Gasteiger partial charge >= 0.3 is 12.2 Å². The summed E-state index contributed by atoms with van der Waals surface area (Å²) in [5, 5.41) is 6.31. The third-order valence-electron chi connectivity index (χ3n) is 5.31. The Kier molecular flexibility index (Phi) is 5.72. The zero-order valence-corrected chi connectivity index (χ0v) is 17.0. The van der Waals surface area contributed by atoms with E-state index < -0.39 is 17.6 Å². The fourth-order valence-electron chi connectivity index (χ4n) is 3.83. The van der Waals surface area contributed by atoms with Crippen molar-refractivity contribution in [3.63, 3.8) is 0 Å². The van der Waals surface area contributed by atoms with Crippen LogP contribution in [0.15, 0.2) is 10.6 Å². The molecular weight excluding hydrogens is 380 g/mol. The number of piperidine rings is 1. The van der Waals surface area contributed by atoms with Gasteiger partial charge in [-0.05, 0) is 51.9 Å².